The van der Waals surface area contributed by atoms with E-state index >= 15 is 0 Å². The summed E-state index contributed by atoms with van der Waals surface area (Å²) in [5.74, 6) is 0. The maximum Gasteiger partial charge on any atom is 0.278 e. The van der Waals surface area contributed by atoms with Crippen LogP contribution in [0.4, 0.5) is 5.13 Å². The summed E-state index contributed by atoms with van der Waals surface area (Å²) in [5, 5.41) is 12.5. The molecule has 2 N–H and O–H groups in total. The fraction of sp³-hybridized carbons (Fsp3) is 0. The molecule has 0 fully saturated rings. The smallest absolute Gasteiger partial charge is 0.278 e. The van der Waals surface area contributed by atoms with Crippen LogP contribution in [0.5, 0.6) is 0 Å². The number of hydrogen-bond acceptors (Lipinski definition) is 8. The zero-order valence-corrected chi connectivity index (χ0v) is 20.4. The van der Waals surface area contributed by atoms with E-state index in [1.54, 1.807) is 10.6 Å². The first-order chi connectivity index (χ1) is 16.5. The summed E-state index contributed by atoms with van der Waals surface area (Å²) in [6, 6.07) is 21.0. The second-order valence-electron chi connectivity index (χ2n) is 7.33. The minimum atomic E-state index is -0.280. The molecule has 7 nitrogen and oxygen atoms in total. The van der Waals surface area contributed by atoms with E-state index in [2.05, 4.69) is 15.2 Å². The second-order valence-corrected chi connectivity index (χ2v) is 10.1. The van der Waals surface area contributed by atoms with Crippen molar-refractivity contribution in [3.63, 3.8) is 0 Å². The Morgan fingerprint density at radius 2 is 1.68 bits per heavy atom. The van der Waals surface area contributed by atoms with Gasteiger partial charge in [-0.2, -0.15) is 0 Å². The van der Waals surface area contributed by atoms with Gasteiger partial charge in [0.15, 0.2) is 20.6 Å². The molecule has 0 unspecified atom stereocenters. The Kier molecular flexibility index (Phi) is 5.03. The van der Waals surface area contributed by atoms with Crippen molar-refractivity contribution in [2.45, 2.75) is 0 Å². The molecule has 0 bridgehead atoms. The van der Waals surface area contributed by atoms with Crippen molar-refractivity contribution in [2.24, 2.45) is 0 Å². The Hall–Kier alpha value is -3.44. The monoisotopic (exact) mass is 520 g/mol. The molecule has 11 heteroatoms. The Morgan fingerprint density at radius 3 is 2.53 bits per heavy atom. The maximum atomic E-state index is 13.6. The minimum absolute atomic E-state index is 0.223. The molecular formula is C23H13ClN6OS3. The van der Waals surface area contributed by atoms with E-state index in [-0.39, 0.29) is 15.5 Å². The molecule has 166 valence electrons. The van der Waals surface area contributed by atoms with E-state index in [0.717, 1.165) is 27.7 Å². The lowest BCUT2D eigenvalue weighted by Crippen LogP contribution is -2.23. The van der Waals surface area contributed by atoms with E-state index in [1.807, 2.05) is 60.7 Å². The lowest BCUT2D eigenvalue weighted by molar-refractivity contribution is 0.856. The fourth-order valence-electron chi connectivity index (χ4n) is 3.84. The number of hydrogen-bond donors (Lipinski definition) is 1. The van der Waals surface area contributed by atoms with Gasteiger partial charge in [0.1, 0.15) is 4.70 Å². The van der Waals surface area contributed by atoms with Crippen LogP contribution in [0.2, 0.25) is 5.02 Å². The van der Waals surface area contributed by atoms with E-state index in [9.17, 15) is 4.79 Å². The number of halogens is 1. The molecule has 0 amide bonds. The molecular weight excluding hydrogens is 508 g/mol. The van der Waals surface area contributed by atoms with E-state index in [4.69, 9.17) is 29.6 Å². The van der Waals surface area contributed by atoms with Gasteiger partial charge in [0.25, 0.3) is 5.56 Å². The van der Waals surface area contributed by atoms with Crippen LogP contribution in [-0.4, -0.2) is 24.3 Å². The summed E-state index contributed by atoms with van der Waals surface area (Å²) in [4.78, 5) is 18.0. The summed E-state index contributed by atoms with van der Waals surface area (Å²) in [7, 11) is 0. The highest BCUT2D eigenvalue weighted by Gasteiger charge is 2.21. The molecule has 0 radical (unpaired) electrons. The van der Waals surface area contributed by atoms with Gasteiger partial charge < -0.3 is 5.73 Å². The normalized spacial score (nSPS) is 11.4. The molecule has 3 aromatic carbocycles. The van der Waals surface area contributed by atoms with Crippen molar-refractivity contribution >= 4 is 72.7 Å². The second kappa shape index (κ2) is 8.10. The van der Waals surface area contributed by atoms with Crippen molar-refractivity contribution in [2.75, 3.05) is 5.73 Å². The molecule has 0 spiro atoms. The molecule has 3 heterocycles. The van der Waals surface area contributed by atoms with E-state index in [1.165, 1.54) is 15.9 Å². The first-order valence-corrected chi connectivity index (χ1v) is 12.5. The number of rotatable bonds is 3. The molecule has 6 aromatic rings. The van der Waals surface area contributed by atoms with Crippen molar-refractivity contribution < 1.29 is 0 Å². The molecule has 34 heavy (non-hydrogen) atoms. The van der Waals surface area contributed by atoms with Gasteiger partial charge in [-0.1, -0.05) is 88.9 Å². The average molecular weight is 521 g/mol. The number of benzene rings is 3. The Balaban J connectivity index is 1.68. The predicted molar refractivity (Wildman–Crippen MR) is 141 cm³/mol. The molecule has 0 saturated heterocycles. The van der Waals surface area contributed by atoms with Crippen LogP contribution in [0.3, 0.4) is 0 Å². The van der Waals surface area contributed by atoms with Gasteiger partial charge in [-0.05, 0) is 29.7 Å². The highest BCUT2D eigenvalue weighted by Crippen LogP contribution is 2.33. The highest BCUT2D eigenvalue weighted by molar-refractivity contribution is 7.71. The van der Waals surface area contributed by atoms with Gasteiger partial charge in [0.05, 0.1) is 10.7 Å². The predicted octanol–water partition coefficient (Wildman–Crippen LogP) is 5.87. The molecule has 6 rings (SSSR count). The number of aromatic nitrogens is 5. The van der Waals surface area contributed by atoms with Gasteiger partial charge >= 0.3 is 0 Å². The number of nitrogens with two attached hydrogens (primary N) is 1. The van der Waals surface area contributed by atoms with Crippen molar-refractivity contribution in [3.8, 4) is 21.4 Å². The van der Waals surface area contributed by atoms with Gasteiger partial charge in [-0.3, -0.25) is 9.36 Å². The number of thiazole rings is 1. The van der Waals surface area contributed by atoms with Crippen LogP contribution >= 0.6 is 46.5 Å². The topological polar surface area (TPSA) is 91.6 Å². The molecule has 0 aliphatic heterocycles. The van der Waals surface area contributed by atoms with Gasteiger partial charge in [0.2, 0.25) is 5.13 Å². The Morgan fingerprint density at radius 1 is 0.912 bits per heavy atom. The van der Waals surface area contributed by atoms with Crippen LogP contribution in [0.1, 0.15) is 0 Å². The van der Waals surface area contributed by atoms with Gasteiger partial charge in [0, 0.05) is 10.9 Å². The largest absolute Gasteiger partial charge is 0.375 e. The van der Waals surface area contributed by atoms with Gasteiger partial charge in [-0.25, -0.2) is 9.55 Å². The lowest BCUT2D eigenvalue weighted by atomic mass is 10.1. The van der Waals surface area contributed by atoms with Crippen LogP contribution in [0.25, 0.3) is 42.5 Å². The molecule has 3 aromatic heterocycles. The quantitative estimate of drug-likeness (QED) is 0.293. The summed E-state index contributed by atoms with van der Waals surface area (Å²) < 4.78 is 3.77. The van der Waals surface area contributed by atoms with E-state index in [0.29, 0.717) is 31.2 Å². The van der Waals surface area contributed by atoms with Crippen LogP contribution in [-0.2, 0) is 0 Å². The lowest BCUT2D eigenvalue weighted by Gasteiger charge is -2.13. The van der Waals surface area contributed by atoms with Crippen molar-refractivity contribution in [3.05, 3.63) is 86.9 Å². The molecule has 0 aliphatic carbocycles. The standard InChI is InChI=1S/C23H13ClN6OS3/c24-15-10-4-3-9-14(15)19-27-28-22(34-19)30-18-17(33-21(25)26-18)20(31)29(23(30)32)16-11-5-7-12-6-1-2-8-13(12)16/h1-11H,(H2,25,26). The average Bonchev–Trinajstić information content (AvgIpc) is 3.47. The minimum Gasteiger partial charge on any atom is -0.375 e. The third-order valence-corrected chi connectivity index (χ3v) is 7.83. The van der Waals surface area contributed by atoms with Crippen molar-refractivity contribution in [1.29, 1.82) is 0 Å². The summed E-state index contributed by atoms with van der Waals surface area (Å²) in [5.41, 5.74) is 7.52. The maximum absolute atomic E-state index is 13.6. The first-order valence-electron chi connectivity index (χ1n) is 10.0. The van der Waals surface area contributed by atoms with Crippen LogP contribution in [0.15, 0.2) is 71.5 Å². The number of anilines is 1. The molecule has 0 atom stereocenters. The number of nitrogens with zero attached hydrogens (tertiary/aromatic N) is 5. The summed E-state index contributed by atoms with van der Waals surface area (Å²) in [6.45, 7) is 0. The molecule has 0 aliphatic rings. The number of fused-ring (bicyclic) bond motifs is 2. The summed E-state index contributed by atoms with van der Waals surface area (Å²) >= 11 is 14.6. The zero-order chi connectivity index (χ0) is 23.4. The van der Waals surface area contributed by atoms with Crippen LogP contribution < -0.4 is 11.3 Å². The summed E-state index contributed by atoms with van der Waals surface area (Å²) in [6.07, 6.45) is 0. The third kappa shape index (κ3) is 3.26. The van der Waals surface area contributed by atoms with Crippen molar-refractivity contribution in [1.82, 2.24) is 24.3 Å². The number of nitrogen functional groups attached to an aromatic ring is 1. The van der Waals surface area contributed by atoms with E-state index < -0.39 is 0 Å². The fourth-order valence-corrected chi connectivity index (χ4v) is 6.17. The zero-order valence-electron chi connectivity index (χ0n) is 17.2. The molecule has 0 saturated carbocycles. The highest BCUT2D eigenvalue weighted by atomic mass is 35.5. The van der Waals surface area contributed by atoms with Crippen LogP contribution in [0, 0.1) is 4.77 Å². The SMILES string of the molecule is Nc1nc2c(s1)c(=O)n(-c1cccc3ccccc13)c(=S)n2-c1nnc(-c2ccccc2Cl)s1. The van der Waals surface area contributed by atoms with Gasteiger partial charge in [-0.15, -0.1) is 10.2 Å². The Bertz CT molecular complexity index is 1850. The first kappa shape index (κ1) is 21.1. The third-order valence-electron chi connectivity index (χ3n) is 5.33. The Labute approximate surface area is 210 Å².